The highest BCUT2D eigenvalue weighted by molar-refractivity contribution is 7.87. The van der Waals surface area contributed by atoms with E-state index in [1.807, 2.05) is 26.0 Å². The molecule has 0 aliphatic carbocycles. The summed E-state index contributed by atoms with van der Waals surface area (Å²) in [5.41, 5.74) is -3.87. The van der Waals surface area contributed by atoms with Crippen molar-refractivity contribution < 1.29 is 40.5 Å². The summed E-state index contributed by atoms with van der Waals surface area (Å²) in [6.07, 6.45) is -2.09. The normalized spacial score (nSPS) is 16.5. The lowest BCUT2D eigenvalue weighted by atomic mass is 9.94. The molecule has 1 aliphatic rings. The van der Waals surface area contributed by atoms with Gasteiger partial charge in [-0.3, -0.25) is 4.79 Å². The van der Waals surface area contributed by atoms with Gasteiger partial charge in [0.2, 0.25) is 0 Å². The Hall–Kier alpha value is -3.15. The van der Waals surface area contributed by atoms with Crippen LogP contribution in [-0.4, -0.2) is 30.0 Å². The molecule has 1 unspecified atom stereocenters. The molecule has 1 aliphatic heterocycles. The second kappa shape index (κ2) is 7.47. The van der Waals surface area contributed by atoms with Crippen LogP contribution in [-0.2, 0) is 14.4 Å². The van der Waals surface area contributed by atoms with Gasteiger partial charge in [-0.25, -0.2) is 0 Å². The molecule has 4 rings (SSSR count). The lowest BCUT2D eigenvalue weighted by molar-refractivity contribution is -0.151. The van der Waals surface area contributed by atoms with Crippen LogP contribution in [0.4, 0.5) is 13.2 Å². The third-order valence-corrected chi connectivity index (χ3v) is 6.06. The fourth-order valence-corrected chi connectivity index (χ4v) is 3.82. The SMILES string of the molecule is Cc1ccc(Oc2ccc3c4c(cccc24)C(O)N(OS(=O)(=O)C(F)(F)F)C3=O)cc1C. The first kappa shape index (κ1) is 22.1. The van der Waals surface area contributed by atoms with E-state index >= 15 is 0 Å². The molecule has 32 heavy (non-hydrogen) atoms. The zero-order valence-corrected chi connectivity index (χ0v) is 17.5. The first-order valence-electron chi connectivity index (χ1n) is 9.24. The zero-order valence-electron chi connectivity index (χ0n) is 16.7. The van der Waals surface area contributed by atoms with Gasteiger partial charge in [0.05, 0.1) is 5.56 Å². The topological polar surface area (TPSA) is 93.1 Å². The average molecular weight is 467 g/mol. The molecule has 1 N–H and O–H groups in total. The summed E-state index contributed by atoms with van der Waals surface area (Å²) < 4.78 is 70.9. The van der Waals surface area contributed by atoms with Crippen LogP contribution in [0.3, 0.4) is 0 Å². The lowest BCUT2D eigenvalue weighted by Crippen LogP contribution is -2.42. The van der Waals surface area contributed by atoms with Crippen LogP contribution >= 0.6 is 0 Å². The summed E-state index contributed by atoms with van der Waals surface area (Å²) in [6, 6.07) is 12.6. The fourth-order valence-electron chi connectivity index (χ4n) is 3.37. The molecule has 0 bridgehead atoms. The molecule has 0 saturated heterocycles. The van der Waals surface area contributed by atoms with Crippen LogP contribution in [0.5, 0.6) is 11.5 Å². The number of hydroxylamine groups is 2. The number of aliphatic hydroxyl groups is 1. The number of hydrogen-bond donors (Lipinski definition) is 1. The minimum Gasteiger partial charge on any atom is -0.457 e. The molecule has 11 heteroatoms. The number of hydrogen-bond acceptors (Lipinski definition) is 6. The van der Waals surface area contributed by atoms with E-state index in [9.17, 15) is 31.5 Å². The largest absolute Gasteiger partial charge is 0.525 e. The van der Waals surface area contributed by atoms with E-state index in [1.54, 1.807) is 12.1 Å². The van der Waals surface area contributed by atoms with E-state index in [1.165, 1.54) is 24.3 Å². The molecule has 3 aromatic rings. The van der Waals surface area contributed by atoms with Crippen molar-refractivity contribution >= 4 is 26.8 Å². The fraction of sp³-hybridized carbons (Fsp3) is 0.190. The van der Waals surface area contributed by atoms with Crippen molar-refractivity contribution in [3.63, 3.8) is 0 Å². The molecule has 0 saturated carbocycles. The first-order valence-corrected chi connectivity index (χ1v) is 10.6. The van der Waals surface area contributed by atoms with Gasteiger partial charge in [-0.1, -0.05) is 24.3 Å². The van der Waals surface area contributed by atoms with Crippen LogP contribution in [0.25, 0.3) is 10.8 Å². The molecular formula is C21H16F3NO6S. The Morgan fingerprint density at radius 2 is 1.75 bits per heavy atom. The first-order chi connectivity index (χ1) is 14.9. The Morgan fingerprint density at radius 3 is 2.41 bits per heavy atom. The summed E-state index contributed by atoms with van der Waals surface area (Å²) in [6.45, 7) is 3.86. The number of carbonyl (C=O) groups excluding carboxylic acids is 1. The minimum atomic E-state index is -6.17. The van der Waals surface area contributed by atoms with Gasteiger partial charge in [0.25, 0.3) is 5.91 Å². The Morgan fingerprint density at radius 1 is 1.03 bits per heavy atom. The number of carbonyl (C=O) groups is 1. The number of benzene rings is 3. The zero-order chi connectivity index (χ0) is 23.4. The standard InChI is InChI=1S/C21H16F3NO6S/c1-11-6-7-13(10-12(11)2)30-17-9-8-16-18-14(17)4-3-5-15(18)19(26)25(20(16)27)31-32(28,29)21(22,23)24/h3-10,19,26H,1-2H3. The number of aryl methyl sites for hydroxylation is 2. The maximum absolute atomic E-state index is 12.7. The molecule has 0 radical (unpaired) electrons. The van der Waals surface area contributed by atoms with Gasteiger partial charge in [0.1, 0.15) is 11.5 Å². The number of ether oxygens (including phenoxy) is 1. The maximum atomic E-state index is 12.7. The van der Waals surface area contributed by atoms with Crippen LogP contribution < -0.4 is 4.74 Å². The second-order valence-corrected chi connectivity index (χ2v) is 8.73. The third-order valence-electron chi connectivity index (χ3n) is 5.13. The highest BCUT2D eigenvalue weighted by Crippen LogP contribution is 2.41. The molecule has 3 aromatic carbocycles. The third kappa shape index (κ3) is 3.57. The van der Waals surface area contributed by atoms with E-state index in [2.05, 4.69) is 4.28 Å². The number of rotatable bonds is 4. The molecule has 0 aromatic heterocycles. The number of amides is 1. The van der Waals surface area contributed by atoms with E-state index in [4.69, 9.17) is 4.74 Å². The van der Waals surface area contributed by atoms with Gasteiger partial charge >= 0.3 is 15.6 Å². The van der Waals surface area contributed by atoms with Crippen molar-refractivity contribution in [3.05, 3.63) is 70.8 Å². The highest BCUT2D eigenvalue weighted by atomic mass is 32.2. The van der Waals surface area contributed by atoms with Gasteiger partial charge < -0.3 is 9.84 Å². The molecule has 0 fully saturated rings. The van der Waals surface area contributed by atoms with Gasteiger partial charge in [0, 0.05) is 16.3 Å². The predicted molar refractivity (Wildman–Crippen MR) is 107 cm³/mol. The van der Waals surface area contributed by atoms with Crippen molar-refractivity contribution in [1.29, 1.82) is 0 Å². The van der Waals surface area contributed by atoms with Crippen LogP contribution in [0.1, 0.15) is 33.3 Å². The summed E-state index contributed by atoms with van der Waals surface area (Å²) in [5.74, 6) is -0.379. The molecule has 1 heterocycles. The monoisotopic (exact) mass is 467 g/mol. The second-order valence-electron chi connectivity index (χ2n) is 7.21. The predicted octanol–water partition coefficient (Wildman–Crippen LogP) is 4.48. The van der Waals surface area contributed by atoms with E-state index in [0.29, 0.717) is 16.9 Å². The van der Waals surface area contributed by atoms with Crippen molar-refractivity contribution in [2.24, 2.45) is 0 Å². The number of halogens is 3. The van der Waals surface area contributed by atoms with E-state index in [0.717, 1.165) is 11.1 Å². The molecule has 1 atom stereocenters. The summed E-state index contributed by atoms with van der Waals surface area (Å²) in [4.78, 5) is 12.7. The van der Waals surface area contributed by atoms with Gasteiger partial charge in [-0.05, 0) is 49.2 Å². The Labute approximate surface area is 180 Å². The number of aliphatic hydroxyl groups excluding tert-OH is 1. The maximum Gasteiger partial charge on any atom is 0.525 e. The quantitative estimate of drug-likeness (QED) is 0.569. The summed E-state index contributed by atoms with van der Waals surface area (Å²) in [7, 11) is -6.17. The lowest BCUT2D eigenvalue weighted by Gasteiger charge is -2.32. The summed E-state index contributed by atoms with van der Waals surface area (Å²) >= 11 is 0. The average Bonchev–Trinajstić information content (AvgIpc) is 2.72. The molecule has 7 nitrogen and oxygen atoms in total. The smallest absolute Gasteiger partial charge is 0.457 e. The van der Waals surface area contributed by atoms with Crippen LogP contribution in [0.15, 0.2) is 48.5 Å². The molecule has 168 valence electrons. The van der Waals surface area contributed by atoms with E-state index < -0.39 is 27.8 Å². The van der Waals surface area contributed by atoms with E-state index in [-0.39, 0.29) is 21.6 Å². The summed E-state index contributed by atoms with van der Waals surface area (Å²) in [5, 5.41) is 10.9. The number of nitrogens with zero attached hydrogens (tertiary/aromatic N) is 1. The number of alkyl halides is 3. The Kier molecular flexibility index (Phi) is 5.15. The van der Waals surface area contributed by atoms with Crippen LogP contribution in [0, 0.1) is 13.8 Å². The van der Waals surface area contributed by atoms with Crippen molar-refractivity contribution in [2.75, 3.05) is 0 Å². The van der Waals surface area contributed by atoms with Crippen molar-refractivity contribution in [3.8, 4) is 11.5 Å². The molecule has 1 amide bonds. The van der Waals surface area contributed by atoms with Crippen molar-refractivity contribution in [2.45, 2.75) is 25.6 Å². The Bertz CT molecular complexity index is 1350. The Balaban J connectivity index is 1.79. The van der Waals surface area contributed by atoms with Gasteiger partial charge in [-0.2, -0.15) is 26.7 Å². The van der Waals surface area contributed by atoms with Crippen LogP contribution in [0.2, 0.25) is 0 Å². The van der Waals surface area contributed by atoms with Gasteiger partial charge in [-0.15, -0.1) is 4.28 Å². The minimum absolute atomic E-state index is 0.0139. The molecular weight excluding hydrogens is 451 g/mol. The molecule has 0 spiro atoms. The van der Waals surface area contributed by atoms with Crippen molar-refractivity contribution in [1.82, 2.24) is 5.06 Å². The van der Waals surface area contributed by atoms with Gasteiger partial charge in [0.15, 0.2) is 6.23 Å². The highest BCUT2D eigenvalue weighted by Gasteiger charge is 2.51.